The molecule has 2 heterocycles. The number of hydrogen-bond acceptors (Lipinski definition) is 7. The van der Waals surface area contributed by atoms with Crippen LogP contribution in [0.3, 0.4) is 0 Å². The van der Waals surface area contributed by atoms with Gasteiger partial charge in [-0.05, 0) is 37.6 Å². The van der Waals surface area contributed by atoms with Gasteiger partial charge in [-0.3, -0.25) is 9.59 Å². The van der Waals surface area contributed by atoms with Crippen LogP contribution in [-0.2, 0) is 11.3 Å². The predicted molar refractivity (Wildman–Crippen MR) is 150 cm³/mol. The van der Waals surface area contributed by atoms with Crippen LogP contribution in [-0.4, -0.2) is 40.4 Å². The highest BCUT2D eigenvalue weighted by Gasteiger charge is 2.44. The average Bonchev–Trinajstić information content (AvgIpc) is 3.47. The number of ketones is 1. The summed E-state index contributed by atoms with van der Waals surface area (Å²) in [5.41, 5.74) is 2.91. The Hall–Kier alpha value is -4.43. The van der Waals surface area contributed by atoms with Crippen LogP contribution in [0.5, 0.6) is 11.5 Å². The normalized spacial score (nSPS) is 15.1. The first-order valence-electron chi connectivity index (χ1n) is 12.6. The number of thiazole rings is 1. The number of ether oxygens (including phenoxy) is 2. The summed E-state index contributed by atoms with van der Waals surface area (Å²) in [6.45, 7) is 4.32. The number of rotatable bonds is 9. The fourth-order valence-corrected chi connectivity index (χ4v) is 5.78. The number of Topliss-reactive ketones (excluding diaryl/α,β-unsaturated/α-hetero) is 1. The third kappa shape index (κ3) is 5.03. The summed E-state index contributed by atoms with van der Waals surface area (Å²) in [7, 11) is 1.57. The van der Waals surface area contributed by atoms with E-state index < -0.39 is 23.5 Å². The quantitative estimate of drug-likeness (QED) is 0.251. The van der Waals surface area contributed by atoms with Crippen molar-refractivity contribution in [2.24, 2.45) is 0 Å². The van der Waals surface area contributed by atoms with Crippen molar-refractivity contribution in [2.75, 3.05) is 13.7 Å². The Labute approximate surface area is 231 Å². The van der Waals surface area contributed by atoms with E-state index in [9.17, 15) is 14.7 Å². The molecule has 1 amide bonds. The van der Waals surface area contributed by atoms with Crippen LogP contribution in [0.4, 0.5) is 0 Å². The maximum atomic E-state index is 14.1. The number of para-hydroxylation sites is 1. The van der Waals surface area contributed by atoms with E-state index in [0.717, 1.165) is 11.1 Å². The zero-order valence-corrected chi connectivity index (χ0v) is 22.7. The second-order valence-corrected chi connectivity index (χ2v) is 10.0. The Morgan fingerprint density at radius 1 is 1.03 bits per heavy atom. The minimum Gasteiger partial charge on any atom is -0.503 e. The van der Waals surface area contributed by atoms with Crippen LogP contribution in [0.15, 0.2) is 90.2 Å². The summed E-state index contributed by atoms with van der Waals surface area (Å²) in [5.74, 6) is -0.301. The van der Waals surface area contributed by atoms with Gasteiger partial charge in [-0.2, -0.15) is 0 Å². The van der Waals surface area contributed by atoms with Gasteiger partial charge in [0, 0.05) is 11.1 Å². The molecule has 1 N–H and O–H groups in total. The molecule has 1 atom stereocenters. The van der Waals surface area contributed by atoms with E-state index >= 15 is 0 Å². The van der Waals surface area contributed by atoms with Crippen molar-refractivity contribution in [3.8, 4) is 22.1 Å². The lowest BCUT2D eigenvalue weighted by atomic mass is 9.94. The molecule has 1 aromatic heterocycles. The molecule has 1 aliphatic rings. The van der Waals surface area contributed by atoms with Gasteiger partial charge in [0.2, 0.25) is 5.78 Å². The number of carbonyl (C=O) groups excluding carboxylic acids is 2. The second kappa shape index (κ2) is 11.1. The number of benzene rings is 3. The molecule has 5 rings (SSSR count). The molecule has 0 saturated carbocycles. The third-order valence-corrected chi connectivity index (χ3v) is 7.82. The molecular weight excluding hydrogens is 512 g/mol. The Morgan fingerprint density at radius 2 is 1.72 bits per heavy atom. The van der Waals surface area contributed by atoms with Crippen molar-refractivity contribution in [3.63, 3.8) is 0 Å². The number of aliphatic hydroxyl groups is 1. The highest BCUT2D eigenvalue weighted by molar-refractivity contribution is 7.17. The van der Waals surface area contributed by atoms with Crippen molar-refractivity contribution in [1.29, 1.82) is 0 Å². The molecular formula is C31H28N2O5S. The first-order chi connectivity index (χ1) is 18.9. The van der Waals surface area contributed by atoms with Crippen LogP contribution in [0.25, 0.3) is 10.6 Å². The Bertz CT molecular complexity index is 1540. The van der Waals surface area contributed by atoms with Crippen LogP contribution < -0.4 is 9.47 Å². The van der Waals surface area contributed by atoms with Gasteiger partial charge in [-0.1, -0.05) is 60.7 Å². The summed E-state index contributed by atoms with van der Waals surface area (Å²) < 4.78 is 11.1. The number of amides is 1. The molecule has 198 valence electrons. The van der Waals surface area contributed by atoms with Crippen molar-refractivity contribution in [3.05, 3.63) is 112 Å². The molecule has 3 aromatic carbocycles. The number of aromatic nitrogens is 1. The fourth-order valence-electron chi connectivity index (χ4n) is 4.76. The smallest absolute Gasteiger partial charge is 0.290 e. The summed E-state index contributed by atoms with van der Waals surface area (Å²) in [4.78, 5) is 34.1. The monoisotopic (exact) mass is 540 g/mol. The number of methoxy groups -OCH3 is 1. The lowest BCUT2D eigenvalue weighted by molar-refractivity contribution is -0.130. The lowest BCUT2D eigenvalue weighted by Gasteiger charge is -2.27. The van der Waals surface area contributed by atoms with Crippen molar-refractivity contribution in [1.82, 2.24) is 9.88 Å². The van der Waals surface area contributed by atoms with Gasteiger partial charge in [0.25, 0.3) is 5.91 Å². The molecule has 1 aliphatic heterocycles. The summed E-state index contributed by atoms with van der Waals surface area (Å²) >= 11 is 1.25. The lowest BCUT2D eigenvalue weighted by Crippen LogP contribution is -2.30. The standard InChI is InChI=1S/C31H28N2O5S/c1-4-38-23-16-14-20(15-17-23)26-25(27(34)29-19(2)32-30(39-29)21-10-6-5-7-11-21)28(35)31(36)33(26)18-22-12-8-9-13-24(22)37-3/h5-17,26,35H,4,18H2,1-3H3. The zero-order chi connectivity index (χ0) is 27.5. The van der Waals surface area contributed by atoms with E-state index in [2.05, 4.69) is 4.98 Å². The summed E-state index contributed by atoms with van der Waals surface area (Å²) in [6, 6.07) is 23.4. The SMILES string of the molecule is CCOc1ccc(C2C(C(=O)c3sc(-c4ccccc4)nc3C)=C(O)C(=O)N2Cc2ccccc2OC)cc1. The molecule has 0 radical (unpaired) electrons. The first kappa shape index (κ1) is 26.2. The first-order valence-corrected chi connectivity index (χ1v) is 13.4. The molecule has 0 saturated heterocycles. The van der Waals surface area contributed by atoms with E-state index in [1.165, 1.54) is 16.2 Å². The Morgan fingerprint density at radius 3 is 2.41 bits per heavy atom. The van der Waals surface area contributed by atoms with Gasteiger partial charge in [0.1, 0.15) is 16.5 Å². The largest absolute Gasteiger partial charge is 0.503 e. The average molecular weight is 541 g/mol. The van der Waals surface area contributed by atoms with Gasteiger partial charge >= 0.3 is 0 Å². The third-order valence-electron chi connectivity index (χ3n) is 6.61. The zero-order valence-electron chi connectivity index (χ0n) is 21.9. The van der Waals surface area contributed by atoms with Crippen LogP contribution in [0, 0.1) is 6.92 Å². The predicted octanol–water partition coefficient (Wildman–Crippen LogP) is 6.30. The topological polar surface area (TPSA) is 89.0 Å². The number of aryl methyl sites for hydroxylation is 1. The molecule has 0 fully saturated rings. The van der Waals surface area contributed by atoms with Crippen molar-refractivity contribution < 1.29 is 24.2 Å². The number of nitrogens with zero attached hydrogens (tertiary/aromatic N) is 2. The van der Waals surface area contributed by atoms with Crippen LogP contribution in [0.2, 0.25) is 0 Å². The van der Waals surface area contributed by atoms with Crippen LogP contribution >= 0.6 is 11.3 Å². The molecule has 4 aromatic rings. The highest BCUT2D eigenvalue weighted by atomic mass is 32.1. The molecule has 1 unspecified atom stereocenters. The molecule has 0 aliphatic carbocycles. The molecule has 8 heteroatoms. The minimum atomic E-state index is -0.813. The second-order valence-electron chi connectivity index (χ2n) is 9.04. The molecule has 7 nitrogen and oxygen atoms in total. The van der Waals surface area contributed by atoms with E-state index in [1.807, 2.05) is 73.7 Å². The Kier molecular flexibility index (Phi) is 7.47. The van der Waals surface area contributed by atoms with Crippen molar-refractivity contribution in [2.45, 2.75) is 26.4 Å². The maximum absolute atomic E-state index is 14.1. The van der Waals surface area contributed by atoms with Gasteiger partial charge in [-0.25, -0.2) is 4.98 Å². The number of aliphatic hydroxyl groups excluding tert-OH is 1. The van der Waals surface area contributed by atoms with Gasteiger partial charge in [0.15, 0.2) is 5.76 Å². The van der Waals surface area contributed by atoms with Crippen LogP contribution in [0.1, 0.15) is 39.5 Å². The van der Waals surface area contributed by atoms with Crippen molar-refractivity contribution >= 4 is 23.0 Å². The van der Waals surface area contributed by atoms with E-state index in [4.69, 9.17) is 9.47 Å². The number of hydrogen-bond donors (Lipinski definition) is 1. The fraction of sp³-hybridized carbons (Fsp3) is 0.194. The maximum Gasteiger partial charge on any atom is 0.290 e. The summed E-state index contributed by atoms with van der Waals surface area (Å²) in [5, 5.41) is 11.8. The van der Waals surface area contributed by atoms with E-state index in [1.54, 1.807) is 26.2 Å². The van der Waals surface area contributed by atoms with Gasteiger partial charge in [-0.15, -0.1) is 11.3 Å². The number of carbonyl (C=O) groups is 2. The van der Waals surface area contributed by atoms with Gasteiger partial charge < -0.3 is 19.5 Å². The van der Waals surface area contributed by atoms with Gasteiger partial charge in [0.05, 0.1) is 42.4 Å². The molecule has 39 heavy (non-hydrogen) atoms. The summed E-state index contributed by atoms with van der Waals surface area (Å²) in [6.07, 6.45) is 0. The molecule has 0 bridgehead atoms. The van der Waals surface area contributed by atoms with E-state index in [-0.39, 0.29) is 12.1 Å². The minimum absolute atomic E-state index is 0.0328. The highest BCUT2D eigenvalue weighted by Crippen LogP contribution is 2.42. The Balaban J connectivity index is 1.58. The molecule has 0 spiro atoms. The van der Waals surface area contributed by atoms with E-state index in [0.29, 0.717) is 39.2 Å².